The van der Waals surface area contributed by atoms with Gasteiger partial charge < -0.3 is 0 Å². The second kappa shape index (κ2) is 3.34. The average molecular weight is 307 g/mol. The molecule has 2 aromatic rings. The topological polar surface area (TPSA) is 0 Å². The Labute approximate surface area is 101 Å². The SMILES string of the molecule is Cc1cccc2c1-c1c(C)cccc1[I+]2. The number of hydrogen-bond acceptors (Lipinski definition) is 0. The van der Waals surface area contributed by atoms with Gasteiger partial charge in [0.15, 0.2) is 0 Å². The van der Waals surface area contributed by atoms with E-state index in [1.165, 1.54) is 22.3 Å². The van der Waals surface area contributed by atoms with E-state index in [1.807, 2.05) is 0 Å². The standard InChI is InChI=1S/C14H12I/c1-9-5-3-7-11-13(9)14-10(2)6-4-8-12(14)15-11/h3-8H,1-2H3/q+1. The maximum atomic E-state index is 2.30. The first-order valence-electron chi connectivity index (χ1n) is 5.12. The molecule has 1 aliphatic heterocycles. The predicted octanol–water partition coefficient (Wildman–Crippen LogP) is 0.412. The first kappa shape index (κ1) is 9.40. The fourth-order valence-corrected chi connectivity index (χ4v) is 5.49. The van der Waals surface area contributed by atoms with Gasteiger partial charge in [-0.3, -0.25) is 0 Å². The summed E-state index contributed by atoms with van der Waals surface area (Å²) in [6.07, 6.45) is 0. The van der Waals surface area contributed by atoms with Gasteiger partial charge in [-0.25, -0.2) is 0 Å². The highest BCUT2D eigenvalue weighted by atomic mass is 127. The van der Waals surface area contributed by atoms with E-state index >= 15 is 0 Å². The second-order valence-electron chi connectivity index (χ2n) is 3.96. The molecule has 0 unspecified atom stereocenters. The molecule has 1 aliphatic rings. The maximum Gasteiger partial charge on any atom is 0.359 e. The Morgan fingerprint density at radius 3 is 1.67 bits per heavy atom. The summed E-state index contributed by atoms with van der Waals surface area (Å²) >= 11 is 0.0692. The summed E-state index contributed by atoms with van der Waals surface area (Å²) in [7, 11) is 0. The lowest BCUT2D eigenvalue weighted by Gasteiger charge is -2.02. The molecule has 0 radical (unpaired) electrons. The van der Waals surface area contributed by atoms with Gasteiger partial charge in [0.05, 0.1) is 0 Å². The molecule has 0 N–H and O–H groups in total. The van der Waals surface area contributed by atoms with Crippen LogP contribution in [0.3, 0.4) is 0 Å². The van der Waals surface area contributed by atoms with Crippen molar-refractivity contribution in [2.75, 3.05) is 0 Å². The van der Waals surface area contributed by atoms with Crippen molar-refractivity contribution in [2.24, 2.45) is 0 Å². The van der Waals surface area contributed by atoms with Gasteiger partial charge in [0.25, 0.3) is 0 Å². The quantitative estimate of drug-likeness (QED) is 0.528. The van der Waals surface area contributed by atoms with Crippen molar-refractivity contribution in [1.29, 1.82) is 0 Å². The number of halogens is 1. The van der Waals surface area contributed by atoms with Crippen molar-refractivity contribution in [2.45, 2.75) is 13.8 Å². The summed E-state index contributed by atoms with van der Waals surface area (Å²) in [6, 6.07) is 13.4. The van der Waals surface area contributed by atoms with E-state index in [9.17, 15) is 0 Å². The Bertz CT molecular complexity index is 492. The molecule has 2 aromatic carbocycles. The van der Waals surface area contributed by atoms with Crippen LogP contribution >= 0.6 is 0 Å². The lowest BCUT2D eigenvalue weighted by molar-refractivity contribution is -0.589. The molecule has 15 heavy (non-hydrogen) atoms. The first-order chi connectivity index (χ1) is 7.27. The second-order valence-corrected chi connectivity index (χ2v) is 6.82. The van der Waals surface area contributed by atoms with Gasteiger partial charge in [-0.2, -0.15) is 0 Å². The molecule has 0 saturated heterocycles. The molecule has 0 aliphatic carbocycles. The minimum Gasteiger partial charge on any atom is -0.0584 e. The van der Waals surface area contributed by atoms with E-state index in [1.54, 1.807) is 7.14 Å². The summed E-state index contributed by atoms with van der Waals surface area (Å²) in [5, 5.41) is 0. The minimum atomic E-state index is 0.0692. The fourth-order valence-electron chi connectivity index (χ4n) is 2.16. The lowest BCUT2D eigenvalue weighted by Crippen LogP contribution is -3.61. The van der Waals surface area contributed by atoms with Crippen LogP contribution in [0.25, 0.3) is 11.1 Å². The number of aryl methyl sites for hydroxylation is 2. The van der Waals surface area contributed by atoms with Crippen molar-refractivity contribution in [1.82, 2.24) is 0 Å². The highest BCUT2D eigenvalue weighted by Crippen LogP contribution is 2.28. The summed E-state index contributed by atoms with van der Waals surface area (Å²) in [5.74, 6) is 0. The Balaban J connectivity index is 2.39. The monoisotopic (exact) mass is 307 g/mol. The third kappa shape index (κ3) is 1.33. The van der Waals surface area contributed by atoms with E-state index in [0.29, 0.717) is 0 Å². The van der Waals surface area contributed by atoms with Gasteiger partial charge in [-0.15, -0.1) is 0 Å². The van der Waals surface area contributed by atoms with E-state index in [-0.39, 0.29) is 21.2 Å². The number of fused-ring (bicyclic) bond motifs is 3. The molecular formula is C14H12I+. The molecule has 1 heterocycles. The van der Waals surface area contributed by atoms with Crippen molar-refractivity contribution in [3.05, 3.63) is 54.7 Å². The van der Waals surface area contributed by atoms with Crippen LogP contribution in [0, 0.1) is 21.0 Å². The van der Waals surface area contributed by atoms with Crippen molar-refractivity contribution in [3.63, 3.8) is 0 Å². The average Bonchev–Trinajstić information content (AvgIpc) is 2.58. The summed E-state index contributed by atoms with van der Waals surface area (Å²) in [4.78, 5) is 0. The van der Waals surface area contributed by atoms with Gasteiger partial charge in [-0.05, 0) is 37.1 Å². The highest BCUT2D eigenvalue weighted by molar-refractivity contribution is 5.71. The molecule has 0 bridgehead atoms. The number of hydrogen-bond donors (Lipinski definition) is 0. The van der Waals surface area contributed by atoms with E-state index in [2.05, 4.69) is 50.2 Å². The van der Waals surface area contributed by atoms with Gasteiger partial charge >= 0.3 is 21.2 Å². The maximum absolute atomic E-state index is 2.30. The highest BCUT2D eigenvalue weighted by Gasteiger charge is 2.34. The molecular weight excluding hydrogens is 295 g/mol. The van der Waals surface area contributed by atoms with Crippen LogP contribution in [0.2, 0.25) is 0 Å². The third-order valence-electron chi connectivity index (χ3n) is 2.90. The van der Waals surface area contributed by atoms with Crippen LogP contribution in [-0.2, 0) is 0 Å². The summed E-state index contributed by atoms with van der Waals surface area (Å²) in [6.45, 7) is 4.45. The lowest BCUT2D eigenvalue weighted by atomic mass is 9.97. The van der Waals surface area contributed by atoms with Crippen LogP contribution in [-0.4, -0.2) is 0 Å². The minimum absolute atomic E-state index is 0.0692. The molecule has 0 amide bonds. The molecule has 0 saturated carbocycles. The number of benzene rings is 2. The Hall–Kier alpha value is -0.830. The van der Waals surface area contributed by atoms with Crippen LogP contribution in [0.5, 0.6) is 0 Å². The molecule has 0 aromatic heterocycles. The van der Waals surface area contributed by atoms with Gasteiger partial charge in [-0.1, -0.05) is 24.3 Å². The van der Waals surface area contributed by atoms with Gasteiger partial charge in [0.2, 0.25) is 7.14 Å². The Morgan fingerprint density at radius 2 is 1.20 bits per heavy atom. The summed E-state index contributed by atoms with van der Waals surface area (Å²) < 4.78 is 3.19. The van der Waals surface area contributed by atoms with Crippen molar-refractivity contribution < 1.29 is 21.2 Å². The third-order valence-corrected chi connectivity index (χ3v) is 5.86. The van der Waals surface area contributed by atoms with Crippen LogP contribution in [0.4, 0.5) is 0 Å². The molecule has 0 fully saturated rings. The Morgan fingerprint density at radius 1 is 0.733 bits per heavy atom. The number of rotatable bonds is 0. The van der Waals surface area contributed by atoms with Crippen LogP contribution in [0.1, 0.15) is 11.1 Å². The van der Waals surface area contributed by atoms with Crippen LogP contribution < -0.4 is 21.2 Å². The molecule has 0 spiro atoms. The smallest absolute Gasteiger partial charge is 0.0584 e. The largest absolute Gasteiger partial charge is 0.359 e. The van der Waals surface area contributed by atoms with Crippen molar-refractivity contribution in [3.8, 4) is 11.1 Å². The molecule has 74 valence electrons. The summed E-state index contributed by atoms with van der Waals surface area (Å²) in [5.41, 5.74) is 5.91. The zero-order chi connectivity index (χ0) is 10.4. The molecule has 1 heteroatoms. The van der Waals surface area contributed by atoms with Gasteiger partial charge in [0, 0.05) is 11.1 Å². The van der Waals surface area contributed by atoms with Crippen LogP contribution in [0.15, 0.2) is 36.4 Å². The zero-order valence-electron chi connectivity index (χ0n) is 8.84. The van der Waals surface area contributed by atoms with E-state index in [0.717, 1.165) is 0 Å². The van der Waals surface area contributed by atoms with Crippen molar-refractivity contribution >= 4 is 0 Å². The van der Waals surface area contributed by atoms with E-state index < -0.39 is 0 Å². The fraction of sp³-hybridized carbons (Fsp3) is 0.143. The normalized spacial score (nSPS) is 12.4. The first-order valence-corrected chi connectivity index (χ1v) is 7.27. The zero-order valence-corrected chi connectivity index (χ0v) is 11.0. The molecule has 3 rings (SSSR count). The molecule has 0 nitrogen and oxygen atoms in total. The molecule has 0 atom stereocenters. The van der Waals surface area contributed by atoms with E-state index in [4.69, 9.17) is 0 Å². The predicted molar refractivity (Wildman–Crippen MR) is 58.7 cm³/mol. The Kier molecular flexibility index (Phi) is 2.09. The van der Waals surface area contributed by atoms with Gasteiger partial charge in [0.1, 0.15) is 0 Å².